The first-order valence-corrected chi connectivity index (χ1v) is 8.72. The van der Waals surface area contributed by atoms with Crippen LogP contribution < -0.4 is 10.1 Å². The number of carbonyl (C=O) groups excluding carboxylic acids is 2. The minimum absolute atomic E-state index is 0.00489. The fourth-order valence-electron chi connectivity index (χ4n) is 2.59. The minimum atomic E-state index is -0.806. The van der Waals surface area contributed by atoms with E-state index in [4.69, 9.17) is 9.47 Å². The highest BCUT2D eigenvalue weighted by molar-refractivity contribution is 5.96. The van der Waals surface area contributed by atoms with Gasteiger partial charge in [0.1, 0.15) is 6.04 Å². The molecule has 1 heterocycles. The Hall–Kier alpha value is -2.89. The molecule has 2 aromatic rings. The number of hydrogen-bond donors (Lipinski definition) is 1. The van der Waals surface area contributed by atoms with E-state index in [9.17, 15) is 9.59 Å². The quantitative estimate of drug-likeness (QED) is 0.791. The van der Waals surface area contributed by atoms with Crippen LogP contribution in [0.2, 0.25) is 0 Å². The standard InChI is InChI=1S/C21H26N2O4/c1-21(2,3)16-9-7-15(8-10-16)19(24)23-17(20(25)27-5)12-14-6-11-18(26-4)22-13-14/h6-11,13,17H,12H2,1-5H3,(H,23,24)/t17-/m1/s1. The van der Waals surface area contributed by atoms with Gasteiger partial charge < -0.3 is 14.8 Å². The molecule has 6 nitrogen and oxygen atoms in total. The number of carbonyl (C=O) groups is 2. The summed E-state index contributed by atoms with van der Waals surface area (Å²) in [5.41, 5.74) is 2.41. The molecule has 1 aromatic carbocycles. The van der Waals surface area contributed by atoms with Crippen LogP contribution in [0.5, 0.6) is 5.88 Å². The predicted octanol–water partition coefficient (Wildman–Crippen LogP) is 2.90. The van der Waals surface area contributed by atoms with Crippen molar-refractivity contribution in [2.75, 3.05) is 14.2 Å². The zero-order chi connectivity index (χ0) is 20.0. The Morgan fingerprint density at radius 1 is 1.07 bits per heavy atom. The SMILES string of the molecule is COC(=O)[C@@H](Cc1ccc(OC)nc1)NC(=O)c1ccc(C(C)(C)C)cc1. The summed E-state index contributed by atoms with van der Waals surface area (Å²) in [7, 11) is 2.83. The van der Waals surface area contributed by atoms with Crippen LogP contribution in [0.4, 0.5) is 0 Å². The Morgan fingerprint density at radius 2 is 1.74 bits per heavy atom. The molecule has 1 amide bonds. The fourth-order valence-corrected chi connectivity index (χ4v) is 2.59. The Morgan fingerprint density at radius 3 is 2.22 bits per heavy atom. The molecule has 0 fully saturated rings. The largest absolute Gasteiger partial charge is 0.481 e. The van der Waals surface area contributed by atoms with Crippen LogP contribution in [-0.2, 0) is 21.4 Å². The third kappa shape index (κ3) is 5.54. The molecule has 0 saturated carbocycles. The lowest BCUT2D eigenvalue weighted by molar-refractivity contribution is -0.142. The number of benzene rings is 1. The first-order valence-electron chi connectivity index (χ1n) is 8.72. The third-order valence-electron chi connectivity index (χ3n) is 4.25. The summed E-state index contributed by atoms with van der Waals surface area (Å²) in [6.07, 6.45) is 1.88. The Labute approximate surface area is 159 Å². The lowest BCUT2D eigenvalue weighted by Gasteiger charge is -2.20. The molecule has 0 unspecified atom stereocenters. The van der Waals surface area contributed by atoms with Crippen molar-refractivity contribution in [3.05, 3.63) is 59.3 Å². The first-order chi connectivity index (χ1) is 12.7. The van der Waals surface area contributed by atoms with Gasteiger partial charge in [0, 0.05) is 24.2 Å². The maximum atomic E-state index is 12.6. The number of hydrogen-bond acceptors (Lipinski definition) is 5. The fraction of sp³-hybridized carbons (Fsp3) is 0.381. The molecule has 0 radical (unpaired) electrons. The summed E-state index contributed by atoms with van der Waals surface area (Å²) in [5.74, 6) is -0.353. The van der Waals surface area contributed by atoms with E-state index in [0.29, 0.717) is 11.4 Å². The highest BCUT2D eigenvalue weighted by Gasteiger charge is 2.23. The summed E-state index contributed by atoms with van der Waals surface area (Å²) in [6.45, 7) is 6.33. The van der Waals surface area contributed by atoms with Gasteiger partial charge in [-0.1, -0.05) is 39.0 Å². The Balaban J connectivity index is 2.12. The molecule has 144 valence electrons. The Kier molecular flexibility index (Phi) is 6.55. The summed E-state index contributed by atoms with van der Waals surface area (Å²) < 4.78 is 9.86. The molecule has 1 N–H and O–H groups in total. The first kappa shape index (κ1) is 20.4. The van der Waals surface area contributed by atoms with Gasteiger partial charge in [0.15, 0.2) is 0 Å². The second kappa shape index (κ2) is 8.66. The van der Waals surface area contributed by atoms with Crippen LogP contribution in [0.25, 0.3) is 0 Å². The van der Waals surface area contributed by atoms with Gasteiger partial charge in [0.2, 0.25) is 5.88 Å². The van der Waals surface area contributed by atoms with E-state index in [1.165, 1.54) is 14.2 Å². The van der Waals surface area contributed by atoms with Crippen molar-refractivity contribution in [1.82, 2.24) is 10.3 Å². The van der Waals surface area contributed by atoms with E-state index in [-0.39, 0.29) is 17.7 Å². The molecule has 2 rings (SSSR count). The summed E-state index contributed by atoms with van der Waals surface area (Å²) in [4.78, 5) is 28.8. The van der Waals surface area contributed by atoms with Gasteiger partial charge in [-0.15, -0.1) is 0 Å². The van der Waals surface area contributed by atoms with E-state index >= 15 is 0 Å². The average Bonchev–Trinajstić information content (AvgIpc) is 2.66. The summed E-state index contributed by atoms with van der Waals surface area (Å²) >= 11 is 0. The highest BCUT2D eigenvalue weighted by Crippen LogP contribution is 2.22. The van der Waals surface area contributed by atoms with E-state index in [0.717, 1.165) is 11.1 Å². The number of pyridine rings is 1. The number of esters is 1. The van der Waals surface area contributed by atoms with Gasteiger partial charge >= 0.3 is 5.97 Å². The molecule has 6 heteroatoms. The average molecular weight is 370 g/mol. The van der Waals surface area contributed by atoms with E-state index in [2.05, 4.69) is 31.1 Å². The van der Waals surface area contributed by atoms with Crippen molar-refractivity contribution >= 4 is 11.9 Å². The van der Waals surface area contributed by atoms with Gasteiger partial charge in [-0.3, -0.25) is 4.79 Å². The lowest BCUT2D eigenvalue weighted by Crippen LogP contribution is -2.43. The number of amides is 1. The number of nitrogens with one attached hydrogen (secondary N) is 1. The molecular formula is C21H26N2O4. The molecule has 0 saturated heterocycles. The molecule has 0 spiro atoms. The molecule has 0 aliphatic heterocycles. The molecule has 0 aliphatic carbocycles. The van der Waals surface area contributed by atoms with Crippen LogP contribution in [0.3, 0.4) is 0 Å². The van der Waals surface area contributed by atoms with Crippen LogP contribution in [-0.4, -0.2) is 37.1 Å². The van der Waals surface area contributed by atoms with Crippen molar-refractivity contribution in [2.24, 2.45) is 0 Å². The van der Waals surface area contributed by atoms with Gasteiger partial charge in [-0.05, 0) is 28.7 Å². The lowest BCUT2D eigenvalue weighted by atomic mass is 9.86. The number of ether oxygens (including phenoxy) is 2. The van der Waals surface area contributed by atoms with Crippen molar-refractivity contribution in [3.8, 4) is 5.88 Å². The summed E-state index contributed by atoms with van der Waals surface area (Å²) in [5, 5.41) is 2.75. The van der Waals surface area contributed by atoms with Gasteiger partial charge in [-0.2, -0.15) is 0 Å². The number of rotatable bonds is 6. The second-order valence-corrected chi connectivity index (χ2v) is 7.29. The monoisotopic (exact) mass is 370 g/mol. The minimum Gasteiger partial charge on any atom is -0.481 e. The molecular weight excluding hydrogens is 344 g/mol. The number of nitrogens with zero attached hydrogens (tertiary/aromatic N) is 1. The second-order valence-electron chi connectivity index (χ2n) is 7.29. The van der Waals surface area contributed by atoms with Gasteiger partial charge in [0.25, 0.3) is 5.91 Å². The van der Waals surface area contributed by atoms with Crippen molar-refractivity contribution in [1.29, 1.82) is 0 Å². The van der Waals surface area contributed by atoms with Crippen molar-refractivity contribution in [3.63, 3.8) is 0 Å². The molecule has 1 aromatic heterocycles. The van der Waals surface area contributed by atoms with Crippen LogP contribution >= 0.6 is 0 Å². The van der Waals surface area contributed by atoms with Gasteiger partial charge in [-0.25, -0.2) is 9.78 Å². The number of methoxy groups -OCH3 is 2. The topological polar surface area (TPSA) is 77.5 Å². The van der Waals surface area contributed by atoms with E-state index < -0.39 is 12.0 Å². The van der Waals surface area contributed by atoms with E-state index in [1.807, 2.05) is 12.1 Å². The highest BCUT2D eigenvalue weighted by atomic mass is 16.5. The molecule has 27 heavy (non-hydrogen) atoms. The van der Waals surface area contributed by atoms with Gasteiger partial charge in [0.05, 0.1) is 14.2 Å². The van der Waals surface area contributed by atoms with Crippen LogP contribution in [0.1, 0.15) is 42.3 Å². The van der Waals surface area contributed by atoms with Crippen molar-refractivity contribution in [2.45, 2.75) is 38.6 Å². The molecule has 1 atom stereocenters. The zero-order valence-corrected chi connectivity index (χ0v) is 16.4. The van der Waals surface area contributed by atoms with E-state index in [1.54, 1.807) is 30.5 Å². The predicted molar refractivity (Wildman–Crippen MR) is 103 cm³/mol. The third-order valence-corrected chi connectivity index (χ3v) is 4.25. The maximum Gasteiger partial charge on any atom is 0.328 e. The molecule has 0 bridgehead atoms. The molecule has 0 aliphatic rings. The normalized spacial score (nSPS) is 12.2. The smallest absolute Gasteiger partial charge is 0.328 e. The van der Waals surface area contributed by atoms with Crippen LogP contribution in [0.15, 0.2) is 42.6 Å². The van der Waals surface area contributed by atoms with Crippen molar-refractivity contribution < 1.29 is 19.1 Å². The maximum absolute atomic E-state index is 12.6. The number of aromatic nitrogens is 1. The Bertz CT molecular complexity index is 777. The van der Waals surface area contributed by atoms with Crippen LogP contribution in [0, 0.1) is 0 Å². The zero-order valence-electron chi connectivity index (χ0n) is 16.4. The summed E-state index contributed by atoms with van der Waals surface area (Å²) in [6, 6.07) is 10.1.